The number of carbonyl (C=O) groups is 1. The minimum Gasteiger partial charge on any atom is -0.354 e. The number of carbonyl (C=O) groups excluding carboxylic acids is 1. The van der Waals surface area contributed by atoms with Gasteiger partial charge in [-0.3, -0.25) is 4.79 Å². The van der Waals surface area contributed by atoms with Gasteiger partial charge < -0.3 is 14.6 Å². The van der Waals surface area contributed by atoms with E-state index in [1.807, 2.05) is 30.5 Å². The second-order valence-corrected chi connectivity index (χ2v) is 8.04. The lowest BCUT2D eigenvalue weighted by Crippen LogP contribution is -2.43. The van der Waals surface area contributed by atoms with Crippen LogP contribution in [0.3, 0.4) is 0 Å². The molecular weight excluding hydrogens is 374 g/mol. The molecule has 1 saturated heterocycles. The fourth-order valence-electron chi connectivity index (χ4n) is 4.37. The number of nitrogens with zero attached hydrogens (tertiary/aromatic N) is 4. The Balaban J connectivity index is 1.36. The molecule has 3 aromatic heterocycles. The van der Waals surface area contributed by atoms with Crippen LogP contribution in [0.25, 0.3) is 16.7 Å². The second kappa shape index (κ2) is 7.78. The molecule has 4 aromatic rings. The van der Waals surface area contributed by atoms with Crippen molar-refractivity contribution in [3.8, 4) is 0 Å². The van der Waals surface area contributed by atoms with E-state index in [1.165, 1.54) is 5.56 Å². The van der Waals surface area contributed by atoms with E-state index in [4.69, 9.17) is 4.98 Å². The first kappa shape index (κ1) is 18.6. The molecule has 1 fully saturated rings. The van der Waals surface area contributed by atoms with Gasteiger partial charge in [-0.1, -0.05) is 29.8 Å². The number of nitrogens with one attached hydrogen (secondary N) is 1. The van der Waals surface area contributed by atoms with Crippen LogP contribution >= 0.6 is 0 Å². The van der Waals surface area contributed by atoms with Gasteiger partial charge in [-0.15, -0.1) is 0 Å². The van der Waals surface area contributed by atoms with Crippen LogP contribution in [0.1, 0.15) is 24.0 Å². The van der Waals surface area contributed by atoms with E-state index in [2.05, 4.69) is 50.8 Å². The normalized spacial score (nSPS) is 16.8. The van der Waals surface area contributed by atoms with E-state index >= 15 is 0 Å². The Morgan fingerprint density at radius 1 is 1.17 bits per heavy atom. The zero-order valence-electron chi connectivity index (χ0n) is 17.1. The molecule has 5 rings (SSSR count). The van der Waals surface area contributed by atoms with Crippen LogP contribution in [0.2, 0.25) is 0 Å². The van der Waals surface area contributed by atoms with Crippen molar-refractivity contribution in [3.05, 3.63) is 72.1 Å². The van der Waals surface area contributed by atoms with Crippen LogP contribution < -0.4 is 10.2 Å². The summed E-state index contributed by atoms with van der Waals surface area (Å²) < 4.78 is 2.13. The van der Waals surface area contributed by atoms with Crippen LogP contribution in [0, 0.1) is 12.8 Å². The van der Waals surface area contributed by atoms with Gasteiger partial charge in [0.15, 0.2) is 11.5 Å². The van der Waals surface area contributed by atoms with Gasteiger partial charge in [0.05, 0.1) is 17.0 Å². The Bertz CT molecular complexity index is 1210. The summed E-state index contributed by atoms with van der Waals surface area (Å²) in [5.41, 5.74) is 5.11. The third-order valence-corrected chi connectivity index (χ3v) is 5.86. The SMILES string of the molecule is Cc1cccc(CNC(=O)C2CCCN(c3nc4ncccc4n4cccc34)C2)c1. The lowest BCUT2D eigenvalue weighted by molar-refractivity contribution is -0.125. The average molecular weight is 399 g/mol. The summed E-state index contributed by atoms with van der Waals surface area (Å²) in [6.07, 6.45) is 5.68. The highest BCUT2D eigenvalue weighted by atomic mass is 16.1. The molecule has 152 valence electrons. The number of aryl methyl sites for hydroxylation is 1. The molecule has 4 heterocycles. The van der Waals surface area contributed by atoms with Gasteiger partial charge in [0, 0.05) is 32.0 Å². The zero-order valence-corrected chi connectivity index (χ0v) is 17.1. The van der Waals surface area contributed by atoms with Crippen molar-refractivity contribution in [1.82, 2.24) is 19.7 Å². The van der Waals surface area contributed by atoms with Crippen molar-refractivity contribution in [2.45, 2.75) is 26.3 Å². The van der Waals surface area contributed by atoms with E-state index in [-0.39, 0.29) is 11.8 Å². The first-order valence-corrected chi connectivity index (χ1v) is 10.5. The number of benzene rings is 1. The number of aromatic nitrogens is 3. The molecule has 1 aliphatic heterocycles. The Morgan fingerprint density at radius 3 is 2.97 bits per heavy atom. The molecule has 0 radical (unpaired) electrons. The van der Waals surface area contributed by atoms with E-state index in [9.17, 15) is 4.79 Å². The molecule has 6 heteroatoms. The maximum absolute atomic E-state index is 12.9. The fourth-order valence-corrected chi connectivity index (χ4v) is 4.37. The van der Waals surface area contributed by atoms with Crippen molar-refractivity contribution in [2.24, 2.45) is 5.92 Å². The smallest absolute Gasteiger partial charge is 0.225 e. The number of fused-ring (bicyclic) bond motifs is 3. The molecule has 1 aromatic carbocycles. The van der Waals surface area contributed by atoms with Crippen molar-refractivity contribution in [2.75, 3.05) is 18.0 Å². The Labute approximate surface area is 175 Å². The van der Waals surface area contributed by atoms with Gasteiger partial charge in [0.2, 0.25) is 5.91 Å². The van der Waals surface area contributed by atoms with E-state index in [0.717, 1.165) is 47.4 Å². The van der Waals surface area contributed by atoms with Crippen LogP contribution in [0.4, 0.5) is 5.82 Å². The summed E-state index contributed by atoms with van der Waals surface area (Å²) in [6, 6.07) is 16.3. The predicted molar refractivity (Wildman–Crippen MR) is 118 cm³/mol. The van der Waals surface area contributed by atoms with Crippen LogP contribution in [0.15, 0.2) is 60.9 Å². The second-order valence-electron chi connectivity index (χ2n) is 8.04. The highest BCUT2D eigenvalue weighted by molar-refractivity contribution is 5.84. The van der Waals surface area contributed by atoms with Crippen molar-refractivity contribution in [1.29, 1.82) is 0 Å². The van der Waals surface area contributed by atoms with Gasteiger partial charge in [0.1, 0.15) is 0 Å². The average Bonchev–Trinajstić information content (AvgIpc) is 3.27. The van der Waals surface area contributed by atoms with Crippen molar-refractivity contribution in [3.63, 3.8) is 0 Å². The molecule has 0 aliphatic carbocycles. The minimum absolute atomic E-state index is 0.0419. The third kappa shape index (κ3) is 3.49. The van der Waals surface area contributed by atoms with Gasteiger partial charge >= 0.3 is 0 Å². The molecule has 1 N–H and O–H groups in total. The van der Waals surface area contributed by atoms with Crippen molar-refractivity contribution >= 4 is 28.4 Å². The summed E-state index contributed by atoms with van der Waals surface area (Å²) in [5, 5.41) is 3.13. The van der Waals surface area contributed by atoms with Crippen LogP contribution in [-0.4, -0.2) is 33.4 Å². The standard InChI is InChI=1S/C24H25N5O/c1-17-6-2-7-18(14-17)15-26-24(30)19-8-4-12-28(16-19)23-21-10-5-13-29(21)20-9-3-11-25-22(20)27-23/h2-3,5-7,9-11,13-14,19H,4,8,12,15-16H2,1H3,(H,26,30). The molecule has 1 unspecified atom stereocenters. The highest BCUT2D eigenvalue weighted by Gasteiger charge is 2.28. The van der Waals surface area contributed by atoms with Gasteiger partial charge in [0.25, 0.3) is 0 Å². The molecule has 0 saturated carbocycles. The van der Waals surface area contributed by atoms with Gasteiger partial charge in [-0.2, -0.15) is 0 Å². The number of hydrogen-bond acceptors (Lipinski definition) is 4. The van der Waals surface area contributed by atoms with Gasteiger partial charge in [-0.05, 0) is 49.6 Å². The molecule has 6 nitrogen and oxygen atoms in total. The summed E-state index contributed by atoms with van der Waals surface area (Å²) in [6.45, 7) is 4.20. The topological polar surface area (TPSA) is 62.5 Å². The molecule has 1 atom stereocenters. The van der Waals surface area contributed by atoms with E-state index in [0.29, 0.717) is 13.1 Å². The molecule has 0 bridgehead atoms. The van der Waals surface area contributed by atoms with Gasteiger partial charge in [-0.25, -0.2) is 9.97 Å². The lowest BCUT2D eigenvalue weighted by atomic mass is 9.97. The zero-order chi connectivity index (χ0) is 20.5. The monoisotopic (exact) mass is 399 g/mol. The number of pyridine rings is 1. The van der Waals surface area contributed by atoms with E-state index in [1.54, 1.807) is 6.20 Å². The summed E-state index contributed by atoms with van der Waals surface area (Å²) in [4.78, 5) is 24.4. The lowest BCUT2D eigenvalue weighted by Gasteiger charge is -2.33. The number of anilines is 1. The number of rotatable bonds is 4. The third-order valence-electron chi connectivity index (χ3n) is 5.86. The Hall–Kier alpha value is -3.41. The maximum atomic E-state index is 12.9. The molecule has 0 spiro atoms. The van der Waals surface area contributed by atoms with Crippen molar-refractivity contribution < 1.29 is 4.79 Å². The van der Waals surface area contributed by atoms with Crippen LogP contribution in [0.5, 0.6) is 0 Å². The first-order chi connectivity index (χ1) is 14.7. The highest BCUT2D eigenvalue weighted by Crippen LogP contribution is 2.28. The summed E-state index contributed by atoms with van der Waals surface area (Å²) in [7, 11) is 0. The van der Waals surface area contributed by atoms with E-state index < -0.39 is 0 Å². The first-order valence-electron chi connectivity index (χ1n) is 10.5. The van der Waals surface area contributed by atoms with Crippen LogP contribution in [-0.2, 0) is 11.3 Å². The Morgan fingerprint density at radius 2 is 2.07 bits per heavy atom. The Kier molecular flexibility index (Phi) is 4.83. The fraction of sp³-hybridized carbons (Fsp3) is 0.292. The number of hydrogen-bond donors (Lipinski definition) is 1. The quantitative estimate of drug-likeness (QED) is 0.568. The molecule has 1 aliphatic rings. The predicted octanol–water partition coefficient (Wildman–Crippen LogP) is 3.72. The maximum Gasteiger partial charge on any atom is 0.225 e. The summed E-state index contributed by atoms with van der Waals surface area (Å²) in [5.74, 6) is 0.980. The largest absolute Gasteiger partial charge is 0.354 e. The number of piperidine rings is 1. The molecular formula is C24H25N5O. The molecule has 30 heavy (non-hydrogen) atoms. The summed E-state index contributed by atoms with van der Waals surface area (Å²) >= 11 is 0. The molecule has 1 amide bonds. The number of amides is 1. The minimum atomic E-state index is -0.0419.